The summed E-state index contributed by atoms with van der Waals surface area (Å²) in [4.78, 5) is 14.5. The Kier molecular flexibility index (Phi) is 5.85. The summed E-state index contributed by atoms with van der Waals surface area (Å²) in [6, 6.07) is 3.63. The van der Waals surface area contributed by atoms with Crippen LogP contribution in [0.5, 0.6) is 11.5 Å². The summed E-state index contributed by atoms with van der Waals surface area (Å²) in [6.45, 7) is 4.08. The van der Waals surface area contributed by atoms with E-state index in [0.29, 0.717) is 36.2 Å². The van der Waals surface area contributed by atoms with Crippen LogP contribution in [0.3, 0.4) is 0 Å². The van der Waals surface area contributed by atoms with Gasteiger partial charge in [-0.2, -0.15) is 0 Å². The highest BCUT2D eigenvalue weighted by atomic mass is 35.5. The standard InChI is InChI=1S/C18H25ClN2O3/c1-21-6-3-13(4-7-21)2-5-20-17(22)12-14-10-15(19)18-16(11-14)23-8-9-24-18/h10-11,13H,2-9,12H2,1H3,(H,20,22). The molecule has 2 heterocycles. The number of ether oxygens (including phenoxy) is 2. The Labute approximate surface area is 148 Å². The molecule has 24 heavy (non-hydrogen) atoms. The number of likely N-dealkylation sites (tertiary alicyclic amines) is 1. The molecule has 0 radical (unpaired) electrons. The first-order valence-electron chi connectivity index (χ1n) is 8.65. The second kappa shape index (κ2) is 8.08. The summed E-state index contributed by atoms with van der Waals surface area (Å²) in [7, 11) is 2.16. The summed E-state index contributed by atoms with van der Waals surface area (Å²) in [5.41, 5.74) is 0.848. The van der Waals surface area contributed by atoms with Gasteiger partial charge in [0.2, 0.25) is 5.91 Å². The molecular weight excluding hydrogens is 328 g/mol. The third-order valence-electron chi connectivity index (χ3n) is 4.73. The average molecular weight is 353 g/mol. The Balaban J connectivity index is 1.46. The van der Waals surface area contributed by atoms with Crippen molar-refractivity contribution >= 4 is 17.5 Å². The van der Waals surface area contributed by atoms with Gasteiger partial charge in [-0.1, -0.05) is 11.6 Å². The molecule has 1 aromatic rings. The molecule has 1 aromatic carbocycles. The summed E-state index contributed by atoms with van der Waals surface area (Å²) >= 11 is 6.21. The van der Waals surface area contributed by atoms with E-state index in [1.54, 1.807) is 6.07 Å². The van der Waals surface area contributed by atoms with Crippen LogP contribution in [0.15, 0.2) is 12.1 Å². The molecule has 1 amide bonds. The third-order valence-corrected chi connectivity index (χ3v) is 5.01. The second-order valence-corrected chi connectivity index (χ2v) is 7.07. The number of hydrogen-bond acceptors (Lipinski definition) is 4. The van der Waals surface area contributed by atoms with E-state index in [1.807, 2.05) is 6.07 Å². The molecule has 6 heteroatoms. The van der Waals surface area contributed by atoms with Gasteiger partial charge in [0.25, 0.3) is 0 Å². The van der Waals surface area contributed by atoms with Crippen molar-refractivity contribution in [3.05, 3.63) is 22.7 Å². The first kappa shape index (κ1) is 17.4. The lowest BCUT2D eigenvalue weighted by Crippen LogP contribution is -2.33. The summed E-state index contributed by atoms with van der Waals surface area (Å²) in [5.74, 6) is 1.96. The van der Waals surface area contributed by atoms with Crippen LogP contribution in [0, 0.1) is 5.92 Å². The van der Waals surface area contributed by atoms with E-state index in [0.717, 1.165) is 37.5 Å². The maximum absolute atomic E-state index is 12.2. The van der Waals surface area contributed by atoms with Gasteiger partial charge in [0.05, 0.1) is 11.4 Å². The van der Waals surface area contributed by atoms with Crippen molar-refractivity contribution in [2.24, 2.45) is 5.92 Å². The monoisotopic (exact) mass is 352 g/mol. The van der Waals surface area contributed by atoms with Crippen molar-refractivity contribution in [3.63, 3.8) is 0 Å². The van der Waals surface area contributed by atoms with Crippen LogP contribution in [0.25, 0.3) is 0 Å². The van der Waals surface area contributed by atoms with Gasteiger partial charge in [-0.05, 0) is 63.0 Å². The Bertz CT molecular complexity index is 586. The number of benzene rings is 1. The molecule has 0 atom stereocenters. The van der Waals surface area contributed by atoms with Crippen LogP contribution < -0.4 is 14.8 Å². The van der Waals surface area contributed by atoms with Gasteiger partial charge in [0.15, 0.2) is 11.5 Å². The lowest BCUT2D eigenvalue weighted by molar-refractivity contribution is -0.120. The molecule has 1 saturated heterocycles. The number of amides is 1. The van der Waals surface area contributed by atoms with Crippen LogP contribution in [0.1, 0.15) is 24.8 Å². The Hall–Kier alpha value is -1.46. The molecule has 2 aliphatic rings. The first-order chi connectivity index (χ1) is 11.6. The number of piperidine rings is 1. The van der Waals surface area contributed by atoms with Crippen molar-refractivity contribution in [3.8, 4) is 11.5 Å². The van der Waals surface area contributed by atoms with Crippen LogP contribution in [-0.2, 0) is 11.2 Å². The topological polar surface area (TPSA) is 50.8 Å². The minimum Gasteiger partial charge on any atom is -0.486 e. The molecule has 3 rings (SSSR count). The third kappa shape index (κ3) is 4.54. The van der Waals surface area contributed by atoms with E-state index in [9.17, 15) is 4.79 Å². The molecule has 2 aliphatic heterocycles. The summed E-state index contributed by atoms with van der Waals surface area (Å²) in [5, 5.41) is 3.52. The lowest BCUT2D eigenvalue weighted by atomic mass is 9.94. The zero-order valence-electron chi connectivity index (χ0n) is 14.1. The van der Waals surface area contributed by atoms with Gasteiger partial charge in [0, 0.05) is 6.54 Å². The van der Waals surface area contributed by atoms with E-state index in [2.05, 4.69) is 17.3 Å². The van der Waals surface area contributed by atoms with Gasteiger partial charge in [0.1, 0.15) is 13.2 Å². The SMILES string of the molecule is CN1CCC(CCNC(=O)Cc2cc(Cl)c3c(c2)OCCO3)CC1. The van der Waals surface area contributed by atoms with Gasteiger partial charge < -0.3 is 19.7 Å². The van der Waals surface area contributed by atoms with Gasteiger partial charge >= 0.3 is 0 Å². The van der Waals surface area contributed by atoms with Crippen molar-refractivity contribution in [2.75, 3.05) is 39.9 Å². The van der Waals surface area contributed by atoms with Gasteiger partial charge in [-0.3, -0.25) is 4.79 Å². The fraction of sp³-hybridized carbons (Fsp3) is 0.611. The van der Waals surface area contributed by atoms with Crippen LogP contribution in [0.4, 0.5) is 0 Å². The zero-order chi connectivity index (χ0) is 16.9. The predicted molar refractivity (Wildman–Crippen MR) is 94.0 cm³/mol. The summed E-state index contributed by atoms with van der Waals surface area (Å²) < 4.78 is 11.0. The maximum Gasteiger partial charge on any atom is 0.224 e. The number of hydrogen-bond donors (Lipinski definition) is 1. The fourth-order valence-corrected chi connectivity index (χ4v) is 3.57. The number of nitrogens with zero attached hydrogens (tertiary/aromatic N) is 1. The predicted octanol–water partition coefficient (Wildman–Crippen LogP) is 2.50. The molecule has 5 nitrogen and oxygen atoms in total. The molecule has 0 aromatic heterocycles. The van der Waals surface area contributed by atoms with E-state index in [-0.39, 0.29) is 5.91 Å². The Morgan fingerprint density at radius 1 is 1.29 bits per heavy atom. The smallest absolute Gasteiger partial charge is 0.224 e. The number of rotatable bonds is 5. The Morgan fingerprint density at radius 3 is 2.83 bits per heavy atom. The van der Waals surface area contributed by atoms with Crippen LogP contribution in [-0.4, -0.2) is 50.7 Å². The molecular formula is C18H25ClN2O3. The summed E-state index contributed by atoms with van der Waals surface area (Å²) in [6.07, 6.45) is 3.82. The maximum atomic E-state index is 12.2. The molecule has 132 valence electrons. The van der Waals surface area contributed by atoms with Crippen molar-refractivity contribution in [1.82, 2.24) is 10.2 Å². The first-order valence-corrected chi connectivity index (χ1v) is 9.03. The van der Waals surface area contributed by atoms with E-state index in [4.69, 9.17) is 21.1 Å². The number of halogens is 1. The highest BCUT2D eigenvalue weighted by molar-refractivity contribution is 6.32. The Morgan fingerprint density at radius 2 is 2.04 bits per heavy atom. The lowest BCUT2D eigenvalue weighted by Gasteiger charge is -2.28. The number of fused-ring (bicyclic) bond motifs is 1. The number of carbonyl (C=O) groups excluding carboxylic acids is 1. The average Bonchev–Trinajstić information content (AvgIpc) is 2.57. The molecule has 0 unspecified atom stereocenters. The second-order valence-electron chi connectivity index (χ2n) is 6.66. The van der Waals surface area contributed by atoms with Crippen LogP contribution >= 0.6 is 11.6 Å². The quantitative estimate of drug-likeness (QED) is 0.884. The highest BCUT2D eigenvalue weighted by Crippen LogP contribution is 2.38. The minimum atomic E-state index is 0.0238. The molecule has 0 saturated carbocycles. The highest BCUT2D eigenvalue weighted by Gasteiger charge is 2.18. The normalized spacial score (nSPS) is 18.4. The van der Waals surface area contributed by atoms with Gasteiger partial charge in [-0.15, -0.1) is 0 Å². The minimum absolute atomic E-state index is 0.0238. The molecule has 0 bridgehead atoms. The van der Waals surface area contributed by atoms with Crippen molar-refractivity contribution in [2.45, 2.75) is 25.7 Å². The van der Waals surface area contributed by atoms with Gasteiger partial charge in [-0.25, -0.2) is 0 Å². The molecule has 1 fully saturated rings. The molecule has 1 N–H and O–H groups in total. The molecule has 0 spiro atoms. The van der Waals surface area contributed by atoms with Crippen molar-refractivity contribution < 1.29 is 14.3 Å². The zero-order valence-corrected chi connectivity index (χ0v) is 14.9. The number of carbonyl (C=O) groups is 1. The van der Waals surface area contributed by atoms with E-state index in [1.165, 1.54) is 12.8 Å². The molecule has 0 aliphatic carbocycles. The fourth-order valence-electron chi connectivity index (χ4n) is 3.28. The van der Waals surface area contributed by atoms with E-state index < -0.39 is 0 Å². The van der Waals surface area contributed by atoms with E-state index >= 15 is 0 Å². The number of nitrogens with one attached hydrogen (secondary N) is 1. The largest absolute Gasteiger partial charge is 0.486 e. The van der Waals surface area contributed by atoms with Crippen LogP contribution in [0.2, 0.25) is 5.02 Å². The van der Waals surface area contributed by atoms with Crippen molar-refractivity contribution in [1.29, 1.82) is 0 Å².